The maximum Gasteiger partial charge on any atom is 0.289 e. The van der Waals surface area contributed by atoms with Crippen molar-refractivity contribution in [1.29, 1.82) is 0 Å². The predicted octanol–water partition coefficient (Wildman–Crippen LogP) is 0.452. The van der Waals surface area contributed by atoms with Crippen LogP contribution in [0.3, 0.4) is 0 Å². The quantitative estimate of drug-likeness (QED) is 0.671. The zero-order valence-corrected chi connectivity index (χ0v) is 8.25. The lowest BCUT2D eigenvalue weighted by atomic mass is 10.3. The summed E-state index contributed by atoms with van der Waals surface area (Å²) in [5, 5.41) is 6.35. The molecule has 1 amide bonds. The second kappa shape index (κ2) is 5.39. The van der Waals surface area contributed by atoms with Crippen molar-refractivity contribution in [2.75, 3.05) is 13.1 Å². The summed E-state index contributed by atoms with van der Waals surface area (Å²) in [5.74, 6) is 0.0397. The highest BCUT2D eigenvalue weighted by atomic mass is 16.5. The molecule has 0 saturated carbocycles. The van der Waals surface area contributed by atoms with Crippen molar-refractivity contribution in [3.05, 3.63) is 17.5 Å². The maximum absolute atomic E-state index is 11.3. The fraction of sp³-hybridized carbons (Fsp3) is 0.556. The number of carbonyl (C=O) groups excluding carboxylic acids is 1. The van der Waals surface area contributed by atoms with E-state index < -0.39 is 0 Å². The Kier molecular flexibility index (Phi) is 4.12. The van der Waals surface area contributed by atoms with Crippen LogP contribution in [0.4, 0.5) is 0 Å². The molecule has 0 spiro atoms. The number of aryl methyl sites for hydroxylation is 1. The van der Waals surface area contributed by atoms with Crippen molar-refractivity contribution >= 4 is 5.91 Å². The Morgan fingerprint density at radius 1 is 1.64 bits per heavy atom. The second-order valence-electron chi connectivity index (χ2n) is 3.08. The van der Waals surface area contributed by atoms with Gasteiger partial charge in [0.25, 0.3) is 5.91 Å². The molecule has 1 heterocycles. The average Bonchev–Trinajstić information content (AvgIpc) is 2.59. The molecule has 1 rings (SSSR count). The SMILES string of the molecule is Cc1cc(C(=O)NCCCCN)on1. The van der Waals surface area contributed by atoms with E-state index >= 15 is 0 Å². The molecular weight excluding hydrogens is 182 g/mol. The summed E-state index contributed by atoms with van der Waals surface area (Å²) in [6.07, 6.45) is 1.80. The van der Waals surface area contributed by atoms with Crippen molar-refractivity contribution in [3.8, 4) is 0 Å². The largest absolute Gasteiger partial charge is 0.351 e. The number of unbranched alkanes of at least 4 members (excludes halogenated alkanes) is 1. The molecule has 0 aromatic carbocycles. The van der Waals surface area contributed by atoms with E-state index in [2.05, 4.69) is 10.5 Å². The lowest BCUT2D eigenvalue weighted by Crippen LogP contribution is -2.24. The highest BCUT2D eigenvalue weighted by Crippen LogP contribution is 2.01. The monoisotopic (exact) mass is 197 g/mol. The van der Waals surface area contributed by atoms with Crippen molar-refractivity contribution < 1.29 is 9.32 Å². The summed E-state index contributed by atoms with van der Waals surface area (Å²) in [5.41, 5.74) is 6.02. The summed E-state index contributed by atoms with van der Waals surface area (Å²) >= 11 is 0. The van der Waals surface area contributed by atoms with Crippen molar-refractivity contribution in [1.82, 2.24) is 10.5 Å². The summed E-state index contributed by atoms with van der Waals surface area (Å²) in [7, 11) is 0. The normalized spacial score (nSPS) is 10.1. The van der Waals surface area contributed by atoms with Crippen molar-refractivity contribution in [2.45, 2.75) is 19.8 Å². The zero-order chi connectivity index (χ0) is 10.4. The first kappa shape index (κ1) is 10.7. The van der Waals surface area contributed by atoms with E-state index in [9.17, 15) is 4.79 Å². The minimum absolute atomic E-state index is 0.220. The molecular formula is C9H15N3O2. The molecule has 5 nitrogen and oxygen atoms in total. The van der Waals surface area contributed by atoms with Crippen molar-refractivity contribution in [3.63, 3.8) is 0 Å². The van der Waals surface area contributed by atoms with E-state index in [0.717, 1.165) is 12.8 Å². The van der Waals surface area contributed by atoms with E-state index in [0.29, 0.717) is 18.8 Å². The average molecular weight is 197 g/mol. The van der Waals surface area contributed by atoms with Crippen LogP contribution in [0.25, 0.3) is 0 Å². The summed E-state index contributed by atoms with van der Waals surface area (Å²) in [6, 6.07) is 1.61. The first-order valence-electron chi connectivity index (χ1n) is 4.65. The first-order chi connectivity index (χ1) is 6.74. The molecule has 0 unspecified atom stereocenters. The third-order valence-corrected chi connectivity index (χ3v) is 1.77. The molecule has 0 atom stereocenters. The Hall–Kier alpha value is -1.36. The summed E-state index contributed by atoms with van der Waals surface area (Å²) in [6.45, 7) is 3.04. The van der Waals surface area contributed by atoms with Gasteiger partial charge >= 0.3 is 0 Å². The number of carbonyl (C=O) groups is 1. The van der Waals surface area contributed by atoms with Gasteiger partial charge in [-0.25, -0.2) is 0 Å². The number of amides is 1. The number of nitrogens with zero attached hydrogens (tertiary/aromatic N) is 1. The molecule has 0 fully saturated rings. The van der Waals surface area contributed by atoms with Crippen LogP contribution >= 0.6 is 0 Å². The number of nitrogens with one attached hydrogen (secondary N) is 1. The Labute approximate surface area is 82.6 Å². The Morgan fingerprint density at radius 2 is 2.43 bits per heavy atom. The molecule has 0 radical (unpaired) electrons. The topological polar surface area (TPSA) is 81.2 Å². The highest BCUT2D eigenvalue weighted by molar-refractivity contribution is 5.91. The van der Waals surface area contributed by atoms with E-state index in [1.165, 1.54) is 0 Å². The smallest absolute Gasteiger partial charge is 0.289 e. The molecule has 3 N–H and O–H groups in total. The third kappa shape index (κ3) is 3.18. The van der Waals surface area contributed by atoms with Crippen LogP contribution in [0.2, 0.25) is 0 Å². The fourth-order valence-electron chi connectivity index (χ4n) is 1.03. The zero-order valence-electron chi connectivity index (χ0n) is 8.25. The molecule has 0 aliphatic heterocycles. The molecule has 1 aromatic heterocycles. The molecule has 0 bridgehead atoms. The highest BCUT2D eigenvalue weighted by Gasteiger charge is 2.09. The number of hydrogen-bond acceptors (Lipinski definition) is 4. The predicted molar refractivity (Wildman–Crippen MR) is 51.9 cm³/mol. The van der Waals surface area contributed by atoms with E-state index in [1.807, 2.05) is 0 Å². The summed E-state index contributed by atoms with van der Waals surface area (Å²) < 4.78 is 4.80. The van der Waals surface area contributed by atoms with Gasteiger partial charge in [0.2, 0.25) is 5.76 Å². The fourth-order valence-corrected chi connectivity index (χ4v) is 1.03. The molecule has 14 heavy (non-hydrogen) atoms. The standard InChI is InChI=1S/C9H15N3O2/c1-7-6-8(14-12-7)9(13)11-5-3-2-4-10/h6H,2-5,10H2,1H3,(H,11,13). The molecule has 0 aliphatic carbocycles. The van der Waals surface area contributed by atoms with E-state index in [1.54, 1.807) is 13.0 Å². The van der Waals surface area contributed by atoms with Gasteiger partial charge in [-0.05, 0) is 26.3 Å². The van der Waals surface area contributed by atoms with Gasteiger partial charge in [0, 0.05) is 12.6 Å². The maximum atomic E-state index is 11.3. The lowest BCUT2D eigenvalue weighted by Gasteiger charge is -2.00. The first-order valence-corrected chi connectivity index (χ1v) is 4.65. The van der Waals surface area contributed by atoms with Gasteiger partial charge in [-0.1, -0.05) is 5.16 Å². The van der Waals surface area contributed by atoms with Gasteiger partial charge in [0.15, 0.2) is 0 Å². The lowest BCUT2D eigenvalue weighted by molar-refractivity contribution is 0.0916. The van der Waals surface area contributed by atoms with Gasteiger partial charge in [0.1, 0.15) is 0 Å². The number of hydrogen-bond donors (Lipinski definition) is 2. The van der Waals surface area contributed by atoms with Crippen LogP contribution < -0.4 is 11.1 Å². The van der Waals surface area contributed by atoms with Gasteiger partial charge in [0.05, 0.1) is 5.69 Å². The number of rotatable bonds is 5. The summed E-state index contributed by atoms with van der Waals surface area (Å²) in [4.78, 5) is 11.3. The van der Waals surface area contributed by atoms with Gasteiger partial charge in [-0.2, -0.15) is 0 Å². The number of aromatic nitrogens is 1. The molecule has 0 saturated heterocycles. The molecule has 5 heteroatoms. The van der Waals surface area contributed by atoms with Crippen LogP contribution in [0.1, 0.15) is 29.1 Å². The van der Waals surface area contributed by atoms with Crippen LogP contribution in [0.5, 0.6) is 0 Å². The molecule has 1 aromatic rings. The van der Waals surface area contributed by atoms with Crippen LogP contribution in [-0.4, -0.2) is 24.2 Å². The van der Waals surface area contributed by atoms with E-state index in [4.69, 9.17) is 10.3 Å². The Balaban J connectivity index is 2.29. The Bertz CT molecular complexity index is 296. The minimum atomic E-state index is -0.220. The van der Waals surface area contributed by atoms with Crippen molar-refractivity contribution in [2.24, 2.45) is 5.73 Å². The number of nitrogens with two attached hydrogens (primary N) is 1. The third-order valence-electron chi connectivity index (χ3n) is 1.77. The van der Waals surface area contributed by atoms with Crippen LogP contribution in [-0.2, 0) is 0 Å². The van der Waals surface area contributed by atoms with Gasteiger partial charge < -0.3 is 15.6 Å². The molecule has 78 valence electrons. The van der Waals surface area contributed by atoms with Crippen LogP contribution in [0, 0.1) is 6.92 Å². The van der Waals surface area contributed by atoms with Gasteiger partial charge in [-0.3, -0.25) is 4.79 Å². The Morgan fingerprint density at radius 3 is 3.00 bits per heavy atom. The molecule has 0 aliphatic rings. The van der Waals surface area contributed by atoms with E-state index in [-0.39, 0.29) is 11.7 Å². The van der Waals surface area contributed by atoms with Crippen LogP contribution in [0.15, 0.2) is 10.6 Å². The van der Waals surface area contributed by atoms with Gasteiger partial charge in [-0.15, -0.1) is 0 Å². The minimum Gasteiger partial charge on any atom is -0.351 e. The second-order valence-corrected chi connectivity index (χ2v) is 3.08.